The fourth-order valence-corrected chi connectivity index (χ4v) is 1.86. The van der Waals surface area contributed by atoms with E-state index in [0.717, 1.165) is 5.39 Å². The number of aromatic amines is 1. The molecular formula is C11H18N6O. The molecule has 0 saturated heterocycles. The van der Waals surface area contributed by atoms with Crippen LogP contribution in [0.1, 0.15) is 20.3 Å². The second-order valence-electron chi connectivity index (χ2n) is 4.41. The summed E-state index contributed by atoms with van der Waals surface area (Å²) < 4.78 is 0. The number of aromatic nitrogens is 4. The van der Waals surface area contributed by atoms with Crippen LogP contribution in [0.3, 0.4) is 0 Å². The van der Waals surface area contributed by atoms with Gasteiger partial charge in [0.05, 0.1) is 17.7 Å². The lowest BCUT2D eigenvalue weighted by Crippen LogP contribution is -2.21. The predicted molar refractivity (Wildman–Crippen MR) is 70.6 cm³/mol. The summed E-state index contributed by atoms with van der Waals surface area (Å²) in [6.45, 7) is 3.77. The number of anilines is 2. The molecule has 0 amide bonds. The maximum Gasteiger partial charge on any atom is 0.226 e. The zero-order chi connectivity index (χ0) is 13.1. The lowest BCUT2D eigenvalue weighted by molar-refractivity contribution is 0.179. The molecule has 2 unspecified atom stereocenters. The topological polar surface area (TPSA) is 98.8 Å². The molecule has 7 nitrogen and oxygen atoms in total. The van der Waals surface area contributed by atoms with Gasteiger partial charge < -0.3 is 15.7 Å². The zero-order valence-corrected chi connectivity index (χ0v) is 10.7. The van der Waals surface area contributed by atoms with Crippen molar-refractivity contribution >= 4 is 22.8 Å². The summed E-state index contributed by atoms with van der Waals surface area (Å²) in [5, 5.41) is 23.2. The first-order valence-corrected chi connectivity index (χ1v) is 5.93. The Hall–Kier alpha value is -1.89. The molecule has 2 aromatic rings. The van der Waals surface area contributed by atoms with Crippen molar-refractivity contribution in [1.82, 2.24) is 20.2 Å². The normalized spacial score (nSPS) is 14.4. The van der Waals surface area contributed by atoms with Crippen LogP contribution >= 0.6 is 0 Å². The molecule has 2 rings (SSSR count). The molecule has 2 heterocycles. The van der Waals surface area contributed by atoms with E-state index in [4.69, 9.17) is 0 Å². The average Bonchev–Trinajstić information content (AvgIpc) is 2.75. The Morgan fingerprint density at radius 1 is 1.39 bits per heavy atom. The first-order chi connectivity index (χ1) is 8.60. The summed E-state index contributed by atoms with van der Waals surface area (Å²) in [6, 6.07) is 0.114. The van der Waals surface area contributed by atoms with E-state index in [1.165, 1.54) is 0 Å². The van der Waals surface area contributed by atoms with Crippen molar-refractivity contribution in [1.29, 1.82) is 0 Å². The fourth-order valence-electron chi connectivity index (χ4n) is 1.86. The summed E-state index contributed by atoms with van der Waals surface area (Å²) in [6.07, 6.45) is 1.99. The van der Waals surface area contributed by atoms with Crippen LogP contribution in [-0.4, -0.2) is 44.5 Å². The van der Waals surface area contributed by atoms with Crippen molar-refractivity contribution in [2.45, 2.75) is 32.4 Å². The molecule has 0 bridgehead atoms. The van der Waals surface area contributed by atoms with Crippen molar-refractivity contribution in [2.75, 3.05) is 17.7 Å². The van der Waals surface area contributed by atoms with E-state index in [-0.39, 0.29) is 12.1 Å². The number of rotatable bonds is 5. The number of H-pyrrole nitrogens is 1. The second-order valence-corrected chi connectivity index (χ2v) is 4.41. The Morgan fingerprint density at radius 3 is 2.83 bits per heavy atom. The monoisotopic (exact) mass is 250 g/mol. The van der Waals surface area contributed by atoms with Gasteiger partial charge in [0.1, 0.15) is 5.82 Å². The minimum Gasteiger partial charge on any atom is -0.393 e. The third-order valence-electron chi connectivity index (χ3n) is 2.61. The number of hydrogen-bond donors (Lipinski definition) is 4. The SMILES string of the molecule is CNc1nc(NC(C)CC(C)O)c2cn[nH]c2n1. The third kappa shape index (κ3) is 2.67. The van der Waals surface area contributed by atoms with Gasteiger partial charge >= 0.3 is 0 Å². The van der Waals surface area contributed by atoms with Gasteiger partial charge in [0, 0.05) is 13.1 Å². The van der Waals surface area contributed by atoms with Crippen molar-refractivity contribution < 1.29 is 5.11 Å². The Balaban J connectivity index is 2.28. The number of nitrogens with zero attached hydrogens (tertiary/aromatic N) is 3. The molecule has 0 aliphatic carbocycles. The van der Waals surface area contributed by atoms with Gasteiger partial charge in [0.25, 0.3) is 0 Å². The van der Waals surface area contributed by atoms with Crippen LogP contribution in [0.15, 0.2) is 6.20 Å². The Labute approximate surface area is 105 Å². The molecule has 98 valence electrons. The van der Waals surface area contributed by atoms with E-state index in [1.807, 2.05) is 6.92 Å². The van der Waals surface area contributed by atoms with E-state index in [0.29, 0.717) is 23.8 Å². The van der Waals surface area contributed by atoms with E-state index in [2.05, 4.69) is 30.8 Å². The van der Waals surface area contributed by atoms with E-state index >= 15 is 0 Å². The van der Waals surface area contributed by atoms with Crippen LogP contribution in [-0.2, 0) is 0 Å². The van der Waals surface area contributed by atoms with Crippen LogP contribution in [0.25, 0.3) is 11.0 Å². The summed E-state index contributed by atoms with van der Waals surface area (Å²) in [7, 11) is 1.76. The molecule has 2 atom stereocenters. The van der Waals surface area contributed by atoms with Crippen molar-refractivity contribution in [2.24, 2.45) is 0 Å². The average molecular weight is 250 g/mol. The molecule has 7 heteroatoms. The molecule has 0 aromatic carbocycles. The molecule has 0 aliphatic heterocycles. The smallest absolute Gasteiger partial charge is 0.226 e. The van der Waals surface area contributed by atoms with E-state index < -0.39 is 0 Å². The van der Waals surface area contributed by atoms with Crippen molar-refractivity contribution in [3.8, 4) is 0 Å². The minimum absolute atomic E-state index is 0.114. The van der Waals surface area contributed by atoms with Crippen LogP contribution in [0.4, 0.5) is 11.8 Å². The summed E-state index contributed by atoms with van der Waals surface area (Å²) in [4.78, 5) is 8.62. The van der Waals surface area contributed by atoms with Crippen molar-refractivity contribution in [3.63, 3.8) is 0 Å². The predicted octanol–water partition coefficient (Wildman–Crippen LogP) is 0.966. The number of aliphatic hydroxyl groups is 1. The van der Waals surface area contributed by atoms with Gasteiger partial charge in [-0.15, -0.1) is 0 Å². The highest BCUT2D eigenvalue weighted by molar-refractivity contribution is 5.87. The highest BCUT2D eigenvalue weighted by atomic mass is 16.3. The molecule has 18 heavy (non-hydrogen) atoms. The van der Waals surface area contributed by atoms with E-state index in [9.17, 15) is 5.11 Å². The molecule has 0 spiro atoms. The Kier molecular flexibility index (Phi) is 3.61. The zero-order valence-electron chi connectivity index (χ0n) is 10.7. The highest BCUT2D eigenvalue weighted by Crippen LogP contribution is 2.21. The maximum atomic E-state index is 9.37. The van der Waals surface area contributed by atoms with Gasteiger partial charge in [-0.25, -0.2) is 0 Å². The van der Waals surface area contributed by atoms with Gasteiger partial charge in [0.15, 0.2) is 5.65 Å². The van der Waals surface area contributed by atoms with Gasteiger partial charge in [0.2, 0.25) is 5.95 Å². The number of fused-ring (bicyclic) bond motifs is 1. The lowest BCUT2D eigenvalue weighted by atomic mass is 10.1. The first kappa shape index (κ1) is 12.6. The quantitative estimate of drug-likeness (QED) is 0.631. The van der Waals surface area contributed by atoms with Crippen LogP contribution in [0.5, 0.6) is 0 Å². The number of hydrogen-bond acceptors (Lipinski definition) is 6. The third-order valence-corrected chi connectivity index (χ3v) is 2.61. The highest BCUT2D eigenvalue weighted by Gasteiger charge is 2.12. The molecular weight excluding hydrogens is 232 g/mol. The summed E-state index contributed by atoms with van der Waals surface area (Å²) >= 11 is 0. The molecule has 0 radical (unpaired) electrons. The Morgan fingerprint density at radius 2 is 2.17 bits per heavy atom. The molecule has 0 aliphatic rings. The molecule has 4 N–H and O–H groups in total. The first-order valence-electron chi connectivity index (χ1n) is 5.93. The summed E-state index contributed by atoms with van der Waals surface area (Å²) in [5.74, 6) is 1.24. The Bertz CT molecular complexity index is 523. The van der Waals surface area contributed by atoms with Gasteiger partial charge in [-0.2, -0.15) is 15.1 Å². The fraction of sp³-hybridized carbons (Fsp3) is 0.545. The summed E-state index contributed by atoms with van der Waals surface area (Å²) in [5.41, 5.74) is 0.682. The maximum absolute atomic E-state index is 9.37. The van der Waals surface area contributed by atoms with Gasteiger partial charge in [-0.05, 0) is 20.3 Å². The van der Waals surface area contributed by atoms with Crippen molar-refractivity contribution in [3.05, 3.63) is 6.20 Å². The van der Waals surface area contributed by atoms with Gasteiger partial charge in [-0.3, -0.25) is 5.10 Å². The van der Waals surface area contributed by atoms with Crippen LogP contribution in [0.2, 0.25) is 0 Å². The minimum atomic E-state index is -0.349. The number of nitrogens with one attached hydrogen (secondary N) is 3. The lowest BCUT2D eigenvalue weighted by Gasteiger charge is -2.16. The van der Waals surface area contributed by atoms with Crippen LogP contribution in [0, 0.1) is 0 Å². The number of aliphatic hydroxyl groups excluding tert-OH is 1. The molecule has 0 saturated carbocycles. The van der Waals surface area contributed by atoms with E-state index in [1.54, 1.807) is 20.2 Å². The largest absolute Gasteiger partial charge is 0.393 e. The molecule has 0 fully saturated rings. The molecule has 2 aromatic heterocycles. The standard InChI is InChI=1S/C11H18N6O/c1-6(4-7(2)18)14-9-8-5-13-17-10(8)16-11(12-3)15-9/h5-7,18H,4H2,1-3H3,(H3,12,13,14,15,16,17). The van der Waals surface area contributed by atoms with Crippen LogP contribution < -0.4 is 10.6 Å². The van der Waals surface area contributed by atoms with Gasteiger partial charge in [-0.1, -0.05) is 0 Å². The second kappa shape index (κ2) is 5.18.